The van der Waals surface area contributed by atoms with Crippen LogP contribution in [0.25, 0.3) is 69.2 Å². The maximum atomic E-state index is 6.27. The van der Waals surface area contributed by atoms with Gasteiger partial charge in [-0.1, -0.05) is 253 Å². The van der Waals surface area contributed by atoms with Crippen LogP contribution in [0, 0.1) is 0 Å². The van der Waals surface area contributed by atoms with Crippen molar-refractivity contribution in [2.24, 2.45) is 0 Å². The van der Waals surface area contributed by atoms with Crippen molar-refractivity contribution in [3.63, 3.8) is 0 Å². The van der Waals surface area contributed by atoms with Gasteiger partial charge in [-0.2, -0.15) is 0 Å². The minimum Gasteiger partial charge on any atom is -0.465 e. The zero-order valence-corrected chi connectivity index (χ0v) is 55.1. The number of rotatable bonds is 8. The van der Waals surface area contributed by atoms with Crippen molar-refractivity contribution in [1.29, 1.82) is 0 Å². The van der Waals surface area contributed by atoms with Gasteiger partial charge in [0.25, 0.3) is 0 Å². The molecule has 0 N–H and O–H groups in total. The number of furan rings is 1. The SMILES string of the molecule is C=C1/C=C\C=C/OC(=C)/C1=C\C=C/N(c1ccc(C(C)(C)C)cc1)c1cc2c(c3c1-c1ccccc1C3(C)C)C=Cc1c(cc(N(/C=C\C=c3/c(=C)oc4ccccc34)c3ccc(C(C)(C)C)cc3)c3c1C(C)(C)c1ccccc1-3)C21c2ccccc2-c2ccccc21. The van der Waals surface area contributed by atoms with E-state index in [1.807, 2.05) is 30.4 Å². The van der Waals surface area contributed by atoms with Crippen LogP contribution in [0.4, 0.5) is 22.7 Å². The summed E-state index contributed by atoms with van der Waals surface area (Å²) < 4.78 is 12.3. The lowest BCUT2D eigenvalue weighted by molar-refractivity contribution is 0.364. The largest absolute Gasteiger partial charge is 0.465 e. The Hall–Kier alpha value is -10.4. The average molecular weight is 1210 g/mol. The van der Waals surface area contributed by atoms with Crippen molar-refractivity contribution in [3.05, 3.63) is 345 Å². The molecule has 0 fully saturated rings. The van der Waals surface area contributed by atoms with Gasteiger partial charge in [-0.15, -0.1) is 0 Å². The number of ether oxygens (including phenoxy) is 1. The standard InChI is InChI=1S/C89H78N2O2/c1-56-28-24-25-53-92-57(2)63(56)34-26-51-90(61-45-41-59(42-46-61)85(4,5)6)78-54-76-70(83-81(78)68-32-16-19-36-72(68)87(83,10)11)49-50-71-77(89(76)74-38-21-14-29-65(74)66-30-15-22-39-75(66)89)55-79(82-69-33-17-20-37-73(69)88(12,13)84(71)82)91(62-47-43-60(44-48-62)86(7,8)9)52-27-35-64-58(3)93-80-40-23-18-31-67(64)80/h14-55H,1-3H2,4-13H3/b28-24-,51-26-,52-27-,53-25-,63-34-,64-35+. The Morgan fingerprint density at radius 2 is 0.892 bits per heavy atom. The molecule has 2 heterocycles. The van der Waals surface area contributed by atoms with E-state index in [2.05, 4.69) is 317 Å². The third-order valence-corrected chi connectivity index (χ3v) is 20.5. The number of hydrogen-bond donors (Lipinski definition) is 0. The highest BCUT2D eigenvalue weighted by Gasteiger charge is 2.54. The van der Waals surface area contributed by atoms with E-state index >= 15 is 0 Å². The summed E-state index contributed by atoms with van der Waals surface area (Å²) in [5.74, 6) is 0.532. The van der Waals surface area contributed by atoms with Crippen molar-refractivity contribution >= 4 is 58.5 Å². The van der Waals surface area contributed by atoms with E-state index in [-0.39, 0.29) is 10.8 Å². The summed E-state index contributed by atoms with van der Waals surface area (Å²) in [6.45, 7) is 36.7. The van der Waals surface area contributed by atoms with Crippen LogP contribution < -0.4 is 20.4 Å². The molecule has 4 aliphatic carbocycles. The van der Waals surface area contributed by atoms with Gasteiger partial charge in [0.2, 0.25) is 0 Å². The Balaban J connectivity index is 1.09. The molecule has 4 nitrogen and oxygen atoms in total. The molecule has 15 rings (SSSR count). The Morgan fingerprint density at radius 1 is 0.452 bits per heavy atom. The summed E-state index contributed by atoms with van der Waals surface area (Å²) in [4.78, 5) is 4.88. The first kappa shape index (κ1) is 58.9. The minimum absolute atomic E-state index is 0.0557. The van der Waals surface area contributed by atoms with Crippen molar-refractivity contribution in [2.45, 2.75) is 96.3 Å². The Morgan fingerprint density at radius 3 is 1.39 bits per heavy atom. The van der Waals surface area contributed by atoms with Gasteiger partial charge in [0, 0.05) is 61.9 Å². The highest BCUT2D eigenvalue weighted by molar-refractivity contribution is 6.04. The third kappa shape index (κ3) is 9.15. The Kier molecular flexibility index (Phi) is 13.7. The molecule has 0 amide bonds. The molecule has 0 atom stereocenters. The van der Waals surface area contributed by atoms with Gasteiger partial charge in [0.1, 0.15) is 16.8 Å². The van der Waals surface area contributed by atoms with E-state index in [9.17, 15) is 0 Å². The van der Waals surface area contributed by atoms with Gasteiger partial charge < -0.3 is 19.0 Å². The number of allylic oxidation sites excluding steroid dienone is 7. The third-order valence-electron chi connectivity index (χ3n) is 20.5. The lowest BCUT2D eigenvalue weighted by atomic mass is 9.63. The van der Waals surface area contributed by atoms with E-state index in [4.69, 9.17) is 9.15 Å². The number of anilines is 4. The van der Waals surface area contributed by atoms with Crippen molar-refractivity contribution in [1.82, 2.24) is 0 Å². The van der Waals surface area contributed by atoms with E-state index in [0.29, 0.717) is 11.2 Å². The second-order valence-electron chi connectivity index (χ2n) is 28.7. The summed E-state index contributed by atoms with van der Waals surface area (Å²) in [6, 6.07) is 68.6. The van der Waals surface area contributed by atoms with Gasteiger partial charge in [0.15, 0.2) is 0 Å². The molecule has 1 spiro atoms. The zero-order chi connectivity index (χ0) is 64.5. The quantitative estimate of drug-likeness (QED) is 0.152. The van der Waals surface area contributed by atoms with Gasteiger partial charge in [-0.05, 0) is 178 Å². The van der Waals surface area contributed by atoms with Crippen molar-refractivity contribution in [3.8, 4) is 33.4 Å². The second kappa shape index (κ2) is 21.6. The van der Waals surface area contributed by atoms with E-state index in [1.165, 1.54) is 100 Å². The molecular formula is C89H78N2O2. The lowest BCUT2D eigenvalue weighted by Crippen LogP contribution is -2.33. The smallest absolute Gasteiger partial charge is 0.135 e. The fourth-order valence-electron chi connectivity index (χ4n) is 15.9. The Labute approximate surface area is 548 Å². The molecule has 0 saturated heterocycles. The maximum Gasteiger partial charge on any atom is 0.135 e. The van der Waals surface area contributed by atoms with Crippen LogP contribution in [-0.2, 0) is 31.8 Å². The van der Waals surface area contributed by atoms with Gasteiger partial charge >= 0.3 is 0 Å². The summed E-state index contributed by atoms with van der Waals surface area (Å²) in [5.41, 5.74) is 28.0. The predicted molar refractivity (Wildman–Crippen MR) is 392 cm³/mol. The number of nitrogens with zero attached hydrogens (tertiary/aromatic N) is 2. The van der Waals surface area contributed by atoms with Crippen LogP contribution in [0.5, 0.6) is 0 Å². The molecule has 9 aromatic carbocycles. The fraction of sp³-hybridized carbons (Fsp3) is 0.169. The van der Waals surface area contributed by atoms with E-state index < -0.39 is 16.2 Å². The zero-order valence-electron chi connectivity index (χ0n) is 55.1. The minimum atomic E-state index is -0.889. The first-order valence-electron chi connectivity index (χ1n) is 32.6. The summed E-state index contributed by atoms with van der Waals surface area (Å²) in [7, 11) is 0. The average Bonchev–Trinajstić information content (AvgIpc) is 1.52. The Bertz CT molecular complexity index is 5080. The lowest BCUT2D eigenvalue weighted by Gasteiger charge is -2.40. The molecule has 456 valence electrons. The normalized spacial score (nSPS) is 17.3. The first-order valence-corrected chi connectivity index (χ1v) is 32.6. The maximum absolute atomic E-state index is 6.27. The summed E-state index contributed by atoms with van der Waals surface area (Å²) in [6.07, 6.45) is 25.6. The molecule has 4 heteroatoms. The molecule has 0 unspecified atom stereocenters. The van der Waals surface area contributed by atoms with E-state index in [0.717, 1.165) is 50.1 Å². The number of benzene rings is 9. The van der Waals surface area contributed by atoms with Crippen LogP contribution in [-0.4, -0.2) is 0 Å². The van der Waals surface area contributed by atoms with Crippen molar-refractivity contribution < 1.29 is 9.15 Å². The summed E-state index contributed by atoms with van der Waals surface area (Å²) >= 11 is 0. The fourth-order valence-corrected chi connectivity index (χ4v) is 15.9. The van der Waals surface area contributed by atoms with Crippen LogP contribution in [0.15, 0.2) is 272 Å². The van der Waals surface area contributed by atoms with Crippen LogP contribution in [0.2, 0.25) is 0 Å². The highest BCUT2D eigenvalue weighted by atomic mass is 16.5. The monoisotopic (exact) mass is 1210 g/mol. The van der Waals surface area contributed by atoms with Crippen LogP contribution in [0.1, 0.15) is 136 Å². The molecule has 1 aliphatic heterocycles. The van der Waals surface area contributed by atoms with Crippen LogP contribution >= 0.6 is 0 Å². The predicted octanol–water partition coefficient (Wildman–Crippen LogP) is 21.8. The van der Waals surface area contributed by atoms with Crippen molar-refractivity contribution in [2.75, 3.05) is 9.80 Å². The molecule has 0 bridgehead atoms. The second-order valence-corrected chi connectivity index (χ2v) is 28.7. The molecule has 93 heavy (non-hydrogen) atoms. The topological polar surface area (TPSA) is 28.9 Å². The molecule has 0 saturated carbocycles. The molecule has 0 radical (unpaired) electrons. The van der Waals surface area contributed by atoms with E-state index in [1.54, 1.807) is 6.26 Å². The van der Waals surface area contributed by atoms with Crippen LogP contribution in [0.3, 0.4) is 0 Å². The summed E-state index contributed by atoms with van der Waals surface area (Å²) in [5, 5.41) is 1.99. The highest BCUT2D eigenvalue weighted by Crippen LogP contribution is 2.66. The number of fused-ring (bicyclic) bond motifs is 18. The molecule has 1 aromatic heterocycles. The number of hydrogen-bond acceptors (Lipinski definition) is 4. The van der Waals surface area contributed by atoms with Gasteiger partial charge in [-0.25, -0.2) is 0 Å². The molecule has 5 aliphatic rings. The number of para-hydroxylation sites is 1. The van der Waals surface area contributed by atoms with Gasteiger partial charge in [0.05, 0.1) is 23.1 Å². The first-order chi connectivity index (χ1) is 44.7. The molecular weight excluding hydrogens is 1130 g/mol. The molecule has 10 aromatic rings. The van der Waals surface area contributed by atoms with Gasteiger partial charge in [-0.3, -0.25) is 0 Å².